The first-order chi connectivity index (χ1) is 14.4. The van der Waals surface area contributed by atoms with Crippen molar-refractivity contribution in [1.82, 2.24) is 24.7 Å². The van der Waals surface area contributed by atoms with Crippen LogP contribution >= 0.6 is 0 Å². The van der Waals surface area contributed by atoms with Crippen molar-refractivity contribution in [2.75, 3.05) is 5.32 Å². The van der Waals surface area contributed by atoms with Crippen molar-refractivity contribution < 1.29 is 17.6 Å². The van der Waals surface area contributed by atoms with E-state index in [9.17, 15) is 17.6 Å². The number of aryl methyl sites for hydroxylation is 2. The predicted octanol–water partition coefficient (Wildman–Crippen LogP) is 4.99. The fourth-order valence-electron chi connectivity index (χ4n) is 2.95. The number of anilines is 1. The van der Waals surface area contributed by atoms with E-state index in [0.29, 0.717) is 17.1 Å². The van der Waals surface area contributed by atoms with E-state index in [-0.39, 0.29) is 30.0 Å². The third kappa shape index (κ3) is 5.99. The van der Waals surface area contributed by atoms with Crippen molar-refractivity contribution in [2.45, 2.75) is 58.3 Å². The lowest BCUT2D eigenvalue weighted by Crippen LogP contribution is -2.26. The van der Waals surface area contributed by atoms with Crippen LogP contribution in [-0.2, 0) is 12.8 Å². The Labute approximate surface area is 177 Å². The lowest BCUT2D eigenvalue weighted by atomic mass is 10.1. The molecule has 1 unspecified atom stereocenters. The zero-order chi connectivity index (χ0) is 22.8. The molecule has 0 saturated carbocycles. The molecule has 0 saturated heterocycles. The number of rotatable bonds is 6. The maximum absolute atomic E-state index is 13.4. The summed E-state index contributed by atoms with van der Waals surface area (Å²) < 4.78 is 54.5. The fraction of sp³-hybridized carbons (Fsp3) is 0.429. The molecule has 3 aromatic rings. The topological polar surface area (TPSA) is 68.5 Å². The normalized spacial score (nSPS) is 13.3. The summed E-state index contributed by atoms with van der Waals surface area (Å²) in [5.41, 5.74) is 0.675. The second-order valence-electron chi connectivity index (χ2n) is 8.31. The van der Waals surface area contributed by atoms with Crippen molar-refractivity contribution in [2.24, 2.45) is 0 Å². The van der Waals surface area contributed by atoms with E-state index in [4.69, 9.17) is 0 Å². The van der Waals surface area contributed by atoms with Crippen LogP contribution < -0.4 is 5.32 Å². The van der Waals surface area contributed by atoms with Crippen LogP contribution in [0, 0.1) is 5.82 Å². The molecule has 6 nitrogen and oxygen atoms in total. The van der Waals surface area contributed by atoms with Crippen LogP contribution in [0.5, 0.6) is 0 Å². The zero-order valence-electron chi connectivity index (χ0n) is 17.7. The molecular formula is C21H24F4N6. The van der Waals surface area contributed by atoms with Gasteiger partial charge in [0.2, 0.25) is 0 Å². The molecule has 3 aromatic heterocycles. The predicted molar refractivity (Wildman–Crippen MR) is 109 cm³/mol. The molecule has 3 rings (SSSR count). The molecule has 166 valence electrons. The van der Waals surface area contributed by atoms with Crippen LogP contribution in [0.15, 0.2) is 36.7 Å². The summed E-state index contributed by atoms with van der Waals surface area (Å²) in [5.74, 6) is 0.300. The zero-order valence-corrected chi connectivity index (χ0v) is 17.7. The molecular weight excluding hydrogens is 412 g/mol. The maximum Gasteiger partial charge on any atom is 0.410 e. The van der Waals surface area contributed by atoms with Crippen molar-refractivity contribution in [1.29, 1.82) is 0 Å². The van der Waals surface area contributed by atoms with E-state index in [2.05, 4.69) is 25.4 Å². The fourth-order valence-corrected chi connectivity index (χ4v) is 2.95. The van der Waals surface area contributed by atoms with Gasteiger partial charge in [-0.3, -0.25) is 4.98 Å². The van der Waals surface area contributed by atoms with Gasteiger partial charge in [-0.05, 0) is 57.9 Å². The molecule has 0 aliphatic rings. The smallest absolute Gasteiger partial charge is 0.365 e. The van der Waals surface area contributed by atoms with E-state index in [1.807, 2.05) is 20.8 Å². The van der Waals surface area contributed by atoms with Crippen molar-refractivity contribution in [3.05, 3.63) is 53.9 Å². The Hall–Kier alpha value is -3.04. The summed E-state index contributed by atoms with van der Waals surface area (Å²) >= 11 is 0. The van der Waals surface area contributed by atoms with Gasteiger partial charge in [0.05, 0.1) is 6.20 Å². The quantitative estimate of drug-likeness (QED) is 0.551. The lowest BCUT2D eigenvalue weighted by molar-refractivity contribution is -0.165. The van der Waals surface area contributed by atoms with Crippen LogP contribution in [0.2, 0.25) is 0 Å². The first kappa shape index (κ1) is 22.6. The highest BCUT2D eigenvalue weighted by Gasteiger charge is 2.39. The SMILES string of the molecule is CC(n1nc(-c2cccc(NC(C)(C)C)n2)nc1CCc1cncc(F)c1)C(F)(F)F. The third-order valence-corrected chi connectivity index (χ3v) is 4.42. The van der Waals surface area contributed by atoms with Crippen LogP contribution in [0.4, 0.5) is 23.4 Å². The molecule has 0 aliphatic heterocycles. The molecule has 31 heavy (non-hydrogen) atoms. The minimum Gasteiger partial charge on any atom is -0.365 e. The van der Waals surface area contributed by atoms with Crippen LogP contribution in [0.25, 0.3) is 11.5 Å². The molecule has 0 amide bonds. The van der Waals surface area contributed by atoms with Gasteiger partial charge >= 0.3 is 6.18 Å². The number of hydrogen-bond acceptors (Lipinski definition) is 5. The Balaban J connectivity index is 1.94. The van der Waals surface area contributed by atoms with E-state index in [1.54, 1.807) is 18.2 Å². The molecule has 1 N–H and O–H groups in total. The summed E-state index contributed by atoms with van der Waals surface area (Å²) in [7, 11) is 0. The standard InChI is InChI=1S/C21H24F4N6/c1-13(21(23,24)25)31-18(9-8-14-10-15(22)12-26-11-14)28-19(30-31)16-6-5-7-17(27-16)29-20(2,3)4/h5-7,10-13H,8-9H2,1-4H3,(H,27,29). The molecule has 0 bridgehead atoms. The summed E-state index contributed by atoms with van der Waals surface area (Å²) in [5, 5.41) is 7.34. The Kier molecular flexibility index (Phi) is 6.28. The highest BCUT2D eigenvalue weighted by molar-refractivity contribution is 5.53. The number of halogens is 4. The number of nitrogens with zero attached hydrogens (tertiary/aromatic N) is 5. The molecule has 3 heterocycles. The van der Waals surface area contributed by atoms with Gasteiger partial charge in [0.25, 0.3) is 0 Å². The molecule has 1 atom stereocenters. The third-order valence-electron chi connectivity index (χ3n) is 4.42. The number of aromatic nitrogens is 5. The Morgan fingerprint density at radius 3 is 2.45 bits per heavy atom. The minimum absolute atomic E-state index is 0.0982. The van der Waals surface area contributed by atoms with Crippen LogP contribution in [0.1, 0.15) is 45.1 Å². The summed E-state index contributed by atoms with van der Waals surface area (Å²) in [6.07, 6.45) is -1.55. The Morgan fingerprint density at radius 1 is 1.06 bits per heavy atom. The van der Waals surface area contributed by atoms with Crippen LogP contribution in [0.3, 0.4) is 0 Å². The molecule has 0 aromatic carbocycles. The Bertz CT molecular complexity index is 1040. The number of nitrogens with one attached hydrogen (secondary N) is 1. The van der Waals surface area contributed by atoms with E-state index in [1.165, 1.54) is 12.3 Å². The largest absolute Gasteiger partial charge is 0.410 e. The average Bonchev–Trinajstić information content (AvgIpc) is 3.08. The van der Waals surface area contributed by atoms with Gasteiger partial charge < -0.3 is 5.32 Å². The second kappa shape index (κ2) is 8.60. The highest BCUT2D eigenvalue weighted by Crippen LogP contribution is 2.31. The first-order valence-corrected chi connectivity index (χ1v) is 9.79. The molecule has 0 radical (unpaired) electrons. The van der Waals surface area contributed by atoms with Gasteiger partial charge in [-0.1, -0.05) is 6.07 Å². The molecule has 0 fully saturated rings. The van der Waals surface area contributed by atoms with E-state index < -0.39 is 18.0 Å². The van der Waals surface area contributed by atoms with Gasteiger partial charge in [-0.2, -0.15) is 13.2 Å². The molecule has 10 heteroatoms. The van der Waals surface area contributed by atoms with Crippen molar-refractivity contribution >= 4 is 5.82 Å². The van der Waals surface area contributed by atoms with Crippen molar-refractivity contribution in [3.63, 3.8) is 0 Å². The summed E-state index contributed by atoms with van der Waals surface area (Å²) in [6.45, 7) is 6.94. The van der Waals surface area contributed by atoms with Gasteiger partial charge in [0.1, 0.15) is 29.2 Å². The van der Waals surface area contributed by atoms with E-state index >= 15 is 0 Å². The van der Waals surface area contributed by atoms with Gasteiger partial charge in [-0.25, -0.2) is 19.0 Å². The number of hydrogen-bond donors (Lipinski definition) is 1. The molecule has 0 aliphatic carbocycles. The number of alkyl halides is 3. The number of pyridine rings is 2. The first-order valence-electron chi connectivity index (χ1n) is 9.79. The second-order valence-corrected chi connectivity index (χ2v) is 8.31. The van der Waals surface area contributed by atoms with Crippen LogP contribution in [-0.4, -0.2) is 36.4 Å². The lowest BCUT2D eigenvalue weighted by Gasteiger charge is -2.21. The maximum atomic E-state index is 13.4. The summed E-state index contributed by atoms with van der Waals surface area (Å²) in [4.78, 5) is 12.6. The Morgan fingerprint density at radius 2 is 1.81 bits per heavy atom. The van der Waals surface area contributed by atoms with Gasteiger partial charge in [0.15, 0.2) is 5.82 Å². The van der Waals surface area contributed by atoms with E-state index in [0.717, 1.165) is 17.8 Å². The highest BCUT2D eigenvalue weighted by atomic mass is 19.4. The van der Waals surface area contributed by atoms with Gasteiger partial charge in [0, 0.05) is 18.2 Å². The molecule has 0 spiro atoms. The average molecular weight is 436 g/mol. The monoisotopic (exact) mass is 436 g/mol. The van der Waals surface area contributed by atoms with Gasteiger partial charge in [-0.15, -0.1) is 5.10 Å². The van der Waals surface area contributed by atoms with Crippen molar-refractivity contribution in [3.8, 4) is 11.5 Å². The summed E-state index contributed by atoms with van der Waals surface area (Å²) in [6, 6.07) is 4.58. The minimum atomic E-state index is -4.50.